The lowest BCUT2D eigenvalue weighted by molar-refractivity contribution is 0.0948. The molecule has 0 saturated heterocycles. The number of benzene rings is 1. The minimum absolute atomic E-state index is 0.0534. The van der Waals surface area contributed by atoms with Crippen molar-refractivity contribution in [1.29, 1.82) is 0 Å². The molecule has 0 saturated carbocycles. The fraction of sp³-hybridized carbons (Fsp3) is 0.562. The predicted octanol–water partition coefficient (Wildman–Crippen LogP) is 2.12. The second kappa shape index (κ2) is 7.29. The van der Waals surface area contributed by atoms with E-state index >= 15 is 0 Å². The summed E-state index contributed by atoms with van der Waals surface area (Å²) in [5.74, 6) is 0.0534. The first-order valence-electron chi connectivity index (χ1n) is 7.62. The van der Waals surface area contributed by atoms with Crippen LogP contribution in [-0.4, -0.2) is 43.5 Å². The smallest absolute Gasteiger partial charge is 0.251 e. The minimum atomic E-state index is 0.0534. The summed E-state index contributed by atoms with van der Waals surface area (Å²) in [7, 11) is 0. The number of hydrogen-bond acceptors (Lipinski definition) is 3. The molecule has 0 spiro atoms. The topological polar surface area (TPSA) is 44.4 Å². The molecule has 20 heavy (non-hydrogen) atoms. The molecule has 0 atom stereocenters. The van der Waals surface area contributed by atoms with Crippen molar-refractivity contribution in [2.75, 3.05) is 38.0 Å². The van der Waals surface area contributed by atoms with Crippen LogP contribution < -0.4 is 10.6 Å². The van der Waals surface area contributed by atoms with Gasteiger partial charge >= 0.3 is 0 Å². The van der Waals surface area contributed by atoms with Crippen molar-refractivity contribution < 1.29 is 4.79 Å². The van der Waals surface area contributed by atoms with Gasteiger partial charge in [0.15, 0.2) is 0 Å². The minimum Gasteiger partial charge on any atom is -0.385 e. The largest absolute Gasteiger partial charge is 0.385 e. The normalized spacial score (nSPS) is 13.8. The predicted molar refractivity (Wildman–Crippen MR) is 83.4 cm³/mol. The zero-order valence-corrected chi connectivity index (χ0v) is 12.5. The maximum Gasteiger partial charge on any atom is 0.251 e. The van der Waals surface area contributed by atoms with E-state index in [-0.39, 0.29) is 5.91 Å². The summed E-state index contributed by atoms with van der Waals surface area (Å²) >= 11 is 0. The molecule has 4 nitrogen and oxygen atoms in total. The average Bonchev–Trinajstić information content (AvgIpc) is 2.51. The Morgan fingerprint density at radius 2 is 2.15 bits per heavy atom. The molecule has 0 bridgehead atoms. The molecule has 110 valence electrons. The molecule has 1 amide bonds. The molecule has 1 aliphatic heterocycles. The number of hydrogen-bond donors (Lipinski definition) is 2. The van der Waals surface area contributed by atoms with Crippen LogP contribution in [0, 0.1) is 0 Å². The third-order valence-corrected chi connectivity index (χ3v) is 3.95. The van der Waals surface area contributed by atoms with Crippen molar-refractivity contribution in [2.24, 2.45) is 0 Å². The number of nitrogens with zero attached hydrogens (tertiary/aromatic N) is 1. The van der Waals surface area contributed by atoms with Crippen LogP contribution in [0.5, 0.6) is 0 Å². The van der Waals surface area contributed by atoms with Gasteiger partial charge in [0.05, 0.1) is 0 Å². The molecular formula is C16H25N3O. The standard InChI is InChI=1S/C16H25N3O/c1-3-19(4-2)12-11-18-16(20)14-7-5-9-15-13(14)8-6-10-17-15/h5,7,9,17H,3-4,6,8,10-12H2,1-2H3,(H,18,20). The summed E-state index contributed by atoms with van der Waals surface area (Å²) < 4.78 is 0. The van der Waals surface area contributed by atoms with Gasteiger partial charge in [-0.05, 0) is 43.6 Å². The van der Waals surface area contributed by atoms with Gasteiger partial charge in [-0.1, -0.05) is 19.9 Å². The van der Waals surface area contributed by atoms with Gasteiger partial charge in [-0.25, -0.2) is 0 Å². The first kappa shape index (κ1) is 14.9. The molecular weight excluding hydrogens is 250 g/mol. The third kappa shape index (κ3) is 3.51. The highest BCUT2D eigenvalue weighted by atomic mass is 16.1. The van der Waals surface area contributed by atoms with Crippen molar-refractivity contribution in [2.45, 2.75) is 26.7 Å². The second-order valence-electron chi connectivity index (χ2n) is 5.14. The average molecular weight is 275 g/mol. The number of amides is 1. The monoisotopic (exact) mass is 275 g/mol. The van der Waals surface area contributed by atoms with E-state index in [2.05, 4.69) is 35.4 Å². The first-order valence-corrected chi connectivity index (χ1v) is 7.62. The van der Waals surface area contributed by atoms with Crippen LogP contribution in [0.15, 0.2) is 18.2 Å². The van der Waals surface area contributed by atoms with Crippen LogP contribution in [0.3, 0.4) is 0 Å². The molecule has 1 aliphatic rings. The Morgan fingerprint density at radius 1 is 1.35 bits per heavy atom. The van der Waals surface area contributed by atoms with E-state index in [1.165, 1.54) is 5.56 Å². The molecule has 1 aromatic carbocycles. The maximum atomic E-state index is 12.3. The van der Waals surface area contributed by atoms with E-state index < -0.39 is 0 Å². The quantitative estimate of drug-likeness (QED) is 0.836. The second-order valence-corrected chi connectivity index (χ2v) is 5.14. The Balaban J connectivity index is 1.96. The molecule has 2 rings (SSSR count). The van der Waals surface area contributed by atoms with Gasteiger partial charge < -0.3 is 15.5 Å². The number of rotatable bonds is 6. The highest BCUT2D eigenvalue weighted by Gasteiger charge is 2.16. The first-order chi connectivity index (χ1) is 9.76. The number of carbonyl (C=O) groups is 1. The van der Waals surface area contributed by atoms with Crippen LogP contribution in [0.25, 0.3) is 0 Å². The van der Waals surface area contributed by atoms with Crippen LogP contribution in [-0.2, 0) is 6.42 Å². The zero-order valence-electron chi connectivity index (χ0n) is 12.5. The number of carbonyl (C=O) groups excluding carboxylic acids is 1. The lowest BCUT2D eigenvalue weighted by atomic mass is 9.97. The van der Waals surface area contributed by atoms with E-state index in [0.717, 1.165) is 50.3 Å². The van der Waals surface area contributed by atoms with E-state index in [4.69, 9.17) is 0 Å². The molecule has 1 aromatic rings. The Morgan fingerprint density at radius 3 is 2.90 bits per heavy atom. The van der Waals surface area contributed by atoms with Crippen molar-refractivity contribution in [3.05, 3.63) is 29.3 Å². The van der Waals surface area contributed by atoms with E-state index in [0.29, 0.717) is 6.54 Å². The number of nitrogens with one attached hydrogen (secondary N) is 2. The lowest BCUT2D eigenvalue weighted by Crippen LogP contribution is -2.35. The Labute approximate surface area is 121 Å². The van der Waals surface area contributed by atoms with Crippen molar-refractivity contribution in [3.8, 4) is 0 Å². The number of likely N-dealkylation sites (N-methyl/N-ethyl adjacent to an activating group) is 1. The summed E-state index contributed by atoms with van der Waals surface area (Å²) in [5, 5.41) is 6.40. The SMILES string of the molecule is CCN(CC)CCNC(=O)c1cccc2c1CCCN2. The summed E-state index contributed by atoms with van der Waals surface area (Å²) in [5.41, 5.74) is 3.11. The fourth-order valence-corrected chi connectivity index (χ4v) is 2.69. The van der Waals surface area contributed by atoms with Crippen LogP contribution >= 0.6 is 0 Å². The van der Waals surface area contributed by atoms with Gasteiger partial charge in [0, 0.05) is 30.9 Å². The van der Waals surface area contributed by atoms with Crippen LogP contribution in [0.1, 0.15) is 36.2 Å². The molecule has 2 N–H and O–H groups in total. The molecule has 1 heterocycles. The van der Waals surface area contributed by atoms with Crippen LogP contribution in [0.4, 0.5) is 5.69 Å². The Hall–Kier alpha value is -1.55. The lowest BCUT2D eigenvalue weighted by Gasteiger charge is -2.21. The molecule has 0 unspecified atom stereocenters. The summed E-state index contributed by atoms with van der Waals surface area (Å²) in [6, 6.07) is 5.94. The van der Waals surface area contributed by atoms with Crippen molar-refractivity contribution >= 4 is 11.6 Å². The van der Waals surface area contributed by atoms with Gasteiger partial charge in [0.2, 0.25) is 0 Å². The van der Waals surface area contributed by atoms with Gasteiger partial charge in [-0.3, -0.25) is 4.79 Å². The number of fused-ring (bicyclic) bond motifs is 1. The third-order valence-electron chi connectivity index (χ3n) is 3.95. The fourth-order valence-electron chi connectivity index (χ4n) is 2.69. The van der Waals surface area contributed by atoms with Gasteiger partial charge in [0.1, 0.15) is 0 Å². The molecule has 0 fully saturated rings. The molecule has 4 heteroatoms. The number of anilines is 1. The highest BCUT2D eigenvalue weighted by Crippen LogP contribution is 2.25. The summed E-state index contributed by atoms with van der Waals surface area (Å²) in [6.45, 7) is 8.95. The van der Waals surface area contributed by atoms with E-state index in [1.807, 2.05) is 12.1 Å². The zero-order chi connectivity index (χ0) is 14.4. The van der Waals surface area contributed by atoms with Crippen LogP contribution in [0.2, 0.25) is 0 Å². The van der Waals surface area contributed by atoms with Crippen molar-refractivity contribution in [3.63, 3.8) is 0 Å². The summed E-state index contributed by atoms with van der Waals surface area (Å²) in [4.78, 5) is 14.6. The van der Waals surface area contributed by atoms with Gasteiger partial charge in [-0.15, -0.1) is 0 Å². The molecule has 0 aliphatic carbocycles. The van der Waals surface area contributed by atoms with E-state index in [9.17, 15) is 4.79 Å². The molecule has 0 aromatic heterocycles. The van der Waals surface area contributed by atoms with Gasteiger partial charge in [0.25, 0.3) is 5.91 Å². The molecule has 0 radical (unpaired) electrons. The summed E-state index contributed by atoms with van der Waals surface area (Å²) in [6.07, 6.45) is 2.08. The Bertz CT molecular complexity index is 455. The van der Waals surface area contributed by atoms with E-state index in [1.54, 1.807) is 0 Å². The highest BCUT2D eigenvalue weighted by molar-refractivity contribution is 5.97. The Kier molecular flexibility index (Phi) is 5.41. The van der Waals surface area contributed by atoms with Gasteiger partial charge in [-0.2, -0.15) is 0 Å². The van der Waals surface area contributed by atoms with Crippen molar-refractivity contribution in [1.82, 2.24) is 10.2 Å². The maximum absolute atomic E-state index is 12.3.